The molecule has 0 N–H and O–H groups in total. The molecular weight excluding hydrogens is 426 g/mol. The Kier molecular flexibility index (Phi) is 4.74. The number of rotatable bonds is 5. The van der Waals surface area contributed by atoms with Crippen LogP contribution in [0.3, 0.4) is 0 Å². The lowest BCUT2D eigenvalue weighted by molar-refractivity contribution is 0.506. The van der Waals surface area contributed by atoms with E-state index in [-0.39, 0.29) is 17.7 Å². The van der Waals surface area contributed by atoms with Crippen LogP contribution in [0.25, 0.3) is 16.9 Å². The molecule has 0 saturated heterocycles. The van der Waals surface area contributed by atoms with Gasteiger partial charge in [0.25, 0.3) is 5.56 Å². The van der Waals surface area contributed by atoms with E-state index < -0.39 is 22.9 Å². The summed E-state index contributed by atoms with van der Waals surface area (Å²) in [4.78, 5) is 30.9. The third-order valence-corrected chi connectivity index (χ3v) is 5.71. The second-order valence-corrected chi connectivity index (χ2v) is 8.18. The molecule has 2 heterocycles. The molecule has 2 aromatic carbocycles. The number of benzene rings is 2. The number of imidazole rings is 1. The highest BCUT2D eigenvalue weighted by atomic mass is 35.5. The fraction of sp³-hybridized carbons (Fsp3) is 0.227. The molecule has 5 rings (SSSR count). The Balaban J connectivity index is 1.72. The molecule has 158 valence electrons. The summed E-state index contributed by atoms with van der Waals surface area (Å²) < 4.78 is 31.1. The number of hydrogen-bond acceptors (Lipinski definition) is 3. The second-order valence-electron chi connectivity index (χ2n) is 7.75. The summed E-state index contributed by atoms with van der Waals surface area (Å²) in [7, 11) is 0. The number of nitrogens with zero attached hydrogens (tertiary/aromatic N) is 4. The van der Waals surface area contributed by atoms with Crippen molar-refractivity contribution in [3.05, 3.63) is 91.9 Å². The van der Waals surface area contributed by atoms with Crippen LogP contribution in [-0.4, -0.2) is 18.7 Å². The molecule has 2 aromatic heterocycles. The van der Waals surface area contributed by atoms with E-state index in [0.29, 0.717) is 28.7 Å². The highest BCUT2D eigenvalue weighted by Gasteiger charge is 2.26. The minimum Gasteiger partial charge on any atom is -0.320 e. The zero-order chi connectivity index (χ0) is 21.7. The molecule has 0 atom stereocenters. The van der Waals surface area contributed by atoms with Gasteiger partial charge in [0.1, 0.15) is 0 Å². The van der Waals surface area contributed by atoms with Crippen LogP contribution in [0, 0.1) is 17.6 Å². The van der Waals surface area contributed by atoms with E-state index in [2.05, 4.69) is 4.98 Å². The van der Waals surface area contributed by atoms with E-state index in [0.717, 1.165) is 25.0 Å². The summed E-state index contributed by atoms with van der Waals surface area (Å²) in [6.45, 7) is 0.433. The van der Waals surface area contributed by atoms with Gasteiger partial charge in [-0.1, -0.05) is 17.7 Å². The summed E-state index contributed by atoms with van der Waals surface area (Å²) in [6, 6.07) is 10.3. The van der Waals surface area contributed by atoms with Crippen molar-refractivity contribution in [1.29, 1.82) is 0 Å². The average Bonchev–Trinajstić information content (AvgIpc) is 3.48. The molecule has 4 aromatic rings. The Morgan fingerprint density at radius 1 is 1.03 bits per heavy atom. The maximum Gasteiger partial charge on any atom is 0.337 e. The van der Waals surface area contributed by atoms with Gasteiger partial charge in [0.05, 0.1) is 12.0 Å². The molecule has 31 heavy (non-hydrogen) atoms. The normalized spacial score (nSPS) is 13.8. The molecule has 0 bridgehead atoms. The molecule has 0 radical (unpaired) electrons. The largest absolute Gasteiger partial charge is 0.337 e. The van der Waals surface area contributed by atoms with Gasteiger partial charge in [-0.2, -0.15) is 0 Å². The third kappa shape index (κ3) is 3.57. The van der Waals surface area contributed by atoms with Gasteiger partial charge in [-0.15, -0.1) is 0 Å². The van der Waals surface area contributed by atoms with Crippen molar-refractivity contribution in [3.63, 3.8) is 0 Å². The van der Waals surface area contributed by atoms with Crippen LogP contribution >= 0.6 is 11.6 Å². The molecule has 0 aliphatic heterocycles. The van der Waals surface area contributed by atoms with Gasteiger partial charge in [0, 0.05) is 18.1 Å². The van der Waals surface area contributed by atoms with Crippen LogP contribution in [0.2, 0.25) is 5.02 Å². The van der Waals surface area contributed by atoms with Gasteiger partial charge < -0.3 is 4.57 Å². The topological polar surface area (TPSA) is 61.8 Å². The van der Waals surface area contributed by atoms with Gasteiger partial charge in [-0.3, -0.25) is 9.36 Å². The first-order chi connectivity index (χ1) is 14.9. The maximum absolute atomic E-state index is 13.7. The lowest BCUT2D eigenvalue weighted by Gasteiger charge is -2.13. The minimum atomic E-state index is -0.967. The van der Waals surface area contributed by atoms with E-state index in [4.69, 9.17) is 11.6 Å². The summed E-state index contributed by atoms with van der Waals surface area (Å²) in [5.74, 6) is -1.61. The molecular formula is C22H17ClF2N4O2. The van der Waals surface area contributed by atoms with Crippen LogP contribution in [0.15, 0.2) is 58.4 Å². The zero-order valence-electron chi connectivity index (χ0n) is 16.3. The van der Waals surface area contributed by atoms with E-state index in [1.54, 1.807) is 28.8 Å². The Labute approximate surface area is 180 Å². The van der Waals surface area contributed by atoms with Gasteiger partial charge >= 0.3 is 5.69 Å². The average molecular weight is 443 g/mol. The van der Waals surface area contributed by atoms with Gasteiger partial charge in [-0.05, 0) is 60.7 Å². The quantitative estimate of drug-likeness (QED) is 0.473. The van der Waals surface area contributed by atoms with Crippen LogP contribution < -0.4 is 11.2 Å². The van der Waals surface area contributed by atoms with Crippen LogP contribution in [0.5, 0.6) is 0 Å². The lowest BCUT2D eigenvalue weighted by Crippen LogP contribution is -2.40. The van der Waals surface area contributed by atoms with Crippen molar-refractivity contribution in [2.45, 2.75) is 25.9 Å². The monoisotopic (exact) mass is 442 g/mol. The Hall–Kier alpha value is -3.26. The molecule has 1 aliphatic rings. The van der Waals surface area contributed by atoms with E-state index in [9.17, 15) is 18.4 Å². The predicted molar refractivity (Wildman–Crippen MR) is 113 cm³/mol. The molecule has 0 unspecified atom stereocenters. The zero-order valence-corrected chi connectivity index (χ0v) is 17.0. The van der Waals surface area contributed by atoms with Crippen LogP contribution in [0.1, 0.15) is 18.4 Å². The van der Waals surface area contributed by atoms with Crippen molar-refractivity contribution in [1.82, 2.24) is 18.7 Å². The smallest absolute Gasteiger partial charge is 0.320 e. The molecule has 0 amide bonds. The third-order valence-electron chi connectivity index (χ3n) is 5.46. The van der Waals surface area contributed by atoms with Crippen LogP contribution in [-0.2, 0) is 13.1 Å². The highest BCUT2D eigenvalue weighted by Crippen LogP contribution is 2.30. The van der Waals surface area contributed by atoms with Crippen molar-refractivity contribution in [2.24, 2.45) is 5.92 Å². The van der Waals surface area contributed by atoms with Gasteiger partial charge in [0.15, 0.2) is 22.8 Å². The Bertz CT molecular complexity index is 1420. The summed E-state index contributed by atoms with van der Waals surface area (Å²) in [5.41, 5.74) is 0.506. The number of hydrogen-bond donors (Lipinski definition) is 0. The molecule has 0 spiro atoms. The number of aromatic nitrogens is 4. The SMILES string of the molecule is O=c1c2c(ncn2Cc2ccc(F)c(F)c2)n(-c2ccc(Cl)cc2)c(=O)n1CC1CC1. The first-order valence-electron chi connectivity index (χ1n) is 9.83. The highest BCUT2D eigenvalue weighted by molar-refractivity contribution is 6.30. The van der Waals surface area contributed by atoms with Crippen molar-refractivity contribution in [2.75, 3.05) is 0 Å². The fourth-order valence-electron chi connectivity index (χ4n) is 3.68. The van der Waals surface area contributed by atoms with Gasteiger partial charge in [-0.25, -0.2) is 23.1 Å². The van der Waals surface area contributed by atoms with Crippen molar-refractivity contribution >= 4 is 22.8 Å². The molecule has 1 fully saturated rings. The second kappa shape index (κ2) is 7.46. The molecule has 9 heteroatoms. The maximum atomic E-state index is 13.7. The number of halogens is 3. The summed E-state index contributed by atoms with van der Waals surface area (Å²) in [5, 5.41) is 0.517. The lowest BCUT2D eigenvalue weighted by atomic mass is 10.2. The van der Waals surface area contributed by atoms with Crippen LogP contribution in [0.4, 0.5) is 8.78 Å². The minimum absolute atomic E-state index is 0.102. The fourth-order valence-corrected chi connectivity index (χ4v) is 3.80. The predicted octanol–water partition coefficient (Wildman–Crippen LogP) is 3.74. The first-order valence-corrected chi connectivity index (χ1v) is 10.2. The van der Waals surface area contributed by atoms with Crippen molar-refractivity contribution in [3.8, 4) is 5.69 Å². The standard InChI is InChI=1S/C22H17ClF2N4O2/c23-15-4-6-16(7-5-15)29-20-19(21(30)28(22(29)31)11-13-1-2-13)27(12-26-20)10-14-3-8-17(24)18(25)9-14/h3-9,12-13H,1-2,10-11H2. The Morgan fingerprint density at radius 3 is 2.45 bits per heavy atom. The first kappa shape index (κ1) is 19.7. The van der Waals surface area contributed by atoms with Crippen molar-refractivity contribution < 1.29 is 8.78 Å². The summed E-state index contributed by atoms with van der Waals surface area (Å²) in [6.07, 6.45) is 3.37. The number of fused-ring (bicyclic) bond motifs is 1. The summed E-state index contributed by atoms with van der Waals surface area (Å²) >= 11 is 5.99. The van der Waals surface area contributed by atoms with Gasteiger partial charge in [0.2, 0.25) is 0 Å². The van der Waals surface area contributed by atoms with E-state index in [1.807, 2.05) is 0 Å². The molecule has 1 saturated carbocycles. The Morgan fingerprint density at radius 2 is 1.77 bits per heavy atom. The molecule has 1 aliphatic carbocycles. The van der Waals surface area contributed by atoms with E-state index >= 15 is 0 Å². The van der Waals surface area contributed by atoms with E-state index in [1.165, 1.54) is 21.5 Å². The molecule has 6 nitrogen and oxygen atoms in total.